The van der Waals surface area contributed by atoms with Crippen LogP contribution in [0.2, 0.25) is 0 Å². The predicted molar refractivity (Wildman–Crippen MR) is 103 cm³/mol. The van der Waals surface area contributed by atoms with E-state index in [0.29, 0.717) is 5.56 Å². The van der Waals surface area contributed by atoms with Gasteiger partial charge in [0.05, 0.1) is 13.2 Å². The predicted octanol–water partition coefficient (Wildman–Crippen LogP) is -1.30. The second kappa shape index (κ2) is 11.7. The molecule has 0 saturated carbocycles. The Morgan fingerprint density at radius 1 is 1.10 bits per heavy atom. The van der Waals surface area contributed by atoms with Gasteiger partial charge in [0.1, 0.15) is 36.8 Å². The third-order valence-corrected chi connectivity index (χ3v) is 4.36. The molecule has 1 aromatic rings. The Hall–Kier alpha value is -2.54. The molecule has 2 rings (SSSR count). The van der Waals surface area contributed by atoms with Crippen molar-refractivity contribution in [1.82, 2.24) is 0 Å². The van der Waals surface area contributed by atoms with Crippen molar-refractivity contribution in [1.29, 1.82) is 0 Å². The molecule has 1 heterocycles. The lowest BCUT2D eigenvalue weighted by molar-refractivity contribution is -0.305. The molecular weight excluding hydrogens is 416 g/mol. The second-order valence-corrected chi connectivity index (χ2v) is 6.82. The summed E-state index contributed by atoms with van der Waals surface area (Å²) in [7, 11) is 0. The van der Waals surface area contributed by atoms with Gasteiger partial charge < -0.3 is 44.5 Å². The Kier molecular flexibility index (Phi) is 9.37. The minimum absolute atomic E-state index is 0.0755. The summed E-state index contributed by atoms with van der Waals surface area (Å²) in [5.41, 5.74) is 0.629. The number of carbonyl (C=O) groups excluding carboxylic acids is 2. The summed E-state index contributed by atoms with van der Waals surface area (Å²) < 4.78 is 20.6. The van der Waals surface area contributed by atoms with Crippen LogP contribution >= 0.6 is 0 Å². The average Bonchev–Trinajstić information content (AvgIpc) is 2.74. The first-order chi connectivity index (χ1) is 14.7. The summed E-state index contributed by atoms with van der Waals surface area (Å²) in [6.45, 7) is -0.179. The van der Waals surface area contributed by atoms with Gasteiger partial charge in [0.15, 0.2) is 12.4 Å². The van der Waals surface area contributed by atoms with Crippen LogP contribution in [-0.2, 0) is 28.5 Å². The number of phenolic OH excluding ortho intramolecular Hbond substituents is 1. The minimum Gasteiger partial charge on any atom is -0.508 e. The van der Waals surface area contributed by atoms with E-state index in [0.717, 1.165) is 6.08 Å². The first-order valence-electron chi connectivity index (χ1n) is 9.44. The smallest absolute Gasteiger partial charge is 0.331 e. The van der Waals surface area contributed by atoms with Gasteiger partial charge in [0, 0.05) is 13.0 Å². The highest BCUT2D eigenvalue weighted by Gasteiger charge is 2.44. The van der Waals surface area contributed by atoms with E-state index in [9.17, 15) is 35.1 Å². The van der Waals surface area contributed by atoms with E-state index in [1.807, 2.05) is 0 Å². The number of esters is 2. The van der Waals surface area contributed by atoms with E-state index in [1.54, 1.807) is 12.1 Å². The molecule has 11 nitrogen and oxygen atoms in total. The molecule has 0 aromatic heterocycles. The molecule has 172 valence electrons. The molecule has 0 unspecified atom stereocenters. The van der Waals surface area contributed by atoms with Crippen LogP contribution < -0.4 is 0 Å². The van der Waals surface area contributed by atoms with Gasteiger partial charge in [-0.25, -0.2) is 4.79 Å². The van der Waals surface area contributed by atoms with Crippen LogP contribution in [0, 0.1) is 0 Å². The lowest BCUT2D eigenvalue weighted by Crippen LogP contribution is -2.59. The van der Waals surface area contributed by atoms with E-state index in [1.165, 1.54) is 25.1 Å². The topological polar surface area (TPSA) is 172 Å². The minimum atomic E-state index is -1.63. The van der Waals surface area contributed by atoms with Crippen molar-refractivity contribution in [2.24, 2.45) is 0 Å². The monoisotopic (exact) mass is 442 g/mol. The maximum atomic E-state index is 12.1. The standard InChI is InChI=1S/C20H26O11/c1-11(22)28-9-14(30-16(24)7-4-12-2-5-13(23)6-3-12)10-29-20-19(27)18(26)17(25)15(8-21)31-20/h2-7,14-15,17-21,23,25-27H,8-10H2,1H3/t14-,15-,17-,18+,19-,20-/m0/s1. The number of hydrogen-bond acceptors (Lipinski definition) is 11. The largest absolute Gasteiger partial charge is 0.508 e. The fourth-order valence-electron chi connectivity index (χ4n) is 2.69. The number of ether oxygens (including phenoxy) is 4. The van der Waals surface area contributed by atoms with Gasteiger partial charge >= 0.3 is 11.9 Å². The Balaban J connectivity index is 1.96. The van der Waals surface area contributed by atoms with Crippen molar-refractivity contribution in [3.8, 4) is 5.75 Å². The summed E-state index contributed by atoms with van der Waals surface area (Å²) in [6, 6.07) is 6.06. The molecule has 11 heteroatoms. The maximum absolute atomic E-state index is 12.1. The molecule has 1 aromatic carbocycles. The third kappa shape index (κ3) is 7.58. The van der Waals surface area contributed by atoms with Gasteiger partial charge in [-0.3, -0.25) is 4.79 Å². The van der Waals surface area contributed by atoms with Crippen LogP contribution in [0.3, 0.4) is 0 Å². The van der Waals surface area contributed by atoms with Gasteiger partial charge in [0.2, 0.25) is 0 Å². The Morgan fingerprint density at radius 3 is 2.39 bits per heavy atom. The van der Waals surface area contributed by atoms with Crippen molar-refractivity contribution in [2.75, 3.05) is 19.8 Å². The number of aliphatic hydroxyl groups is 4. The fraction of sp³-hybridized carbons (Fsp3) is 0.500. The first-order valence-corrected chi connectivity index (χ1v) is 9.44. The van der Waals surface area contributed by atoms with E-state index in [4.69, 9.17) is 18.9 Å². The van der Waals surface area contributed by atoms with Crippen LogP contribution in [0.25, 0.3) is 6.08 Å². The maximum Gasteiger partial charge on any atom is 0.331 e. The molecule has 0 bridgehead atoms. The molecule has 0 amide bonds. The van der Waals surface area contributed by atoms with Crippen molar-refractivity contribution < 1.29 is 54.1 Å². The number of phenols is 1. The van der Waals surface area contributed by atoms with Crippen LogP contribution in [0.1, 0.15) is 12.5 Å². The van der Waals surface area contributed by atoms with Crippen molar-refractivity contribution in [3.05, 3.63) is 35.9 Å². The normalized spacial score (nSPS) is 27.1. The van der Waals surface area contributed by atoms with E-state index in [2.05, 4.69) is 0 Å². The van der Waals surface area contributed by atoms with E-state index in [-0.39, 0.29) is 19.0 Å². The number of aromatic hydroxyl groups is 1. The molecule has 1 aliphatic rings. The summed E-state index contributed by atoms with van der Waals surface area (Å²) in [5.74, 6) is -1.32. The zero-order valence-corrected chi connectivity index (χ0v) is 16.7. The lowest BCUT2D eigenvalue weighted by atomic mass is 9.99. The molecule has 0 spiro atoms. The van der Waals surface area contributed by atoms with E-state index < -0.39 is 55.4 Å². The fourth-order valence-corrected chi connectivity index (χ4v) is 2.69. The van der Waals surface area contributed by atoms with Gasteiger partial charge in [-0.2, -0.15) is 0 Å². The highest BCUT2D eigenvalue weighted by Crippen LogP contribution is 2.22. The number of benzene rings is 1. The number of carbonyl (C=O) groups is 2. The summed E-state index contributed by atoms with van der Waals surface area (Å²) in [6.07, 6.45) is -5.89. The van der Waals surface area contributed by atoms with Crippen molar-refractivity contribution >= 4 is 18.0 Å². The number of rotatable bonds is 9. The Morgan fingerprint density at radius 2 is 1.77 bits per heavy atom. The molecule has 5 N–H and O–H groups in total. The Labute approximate surface area is 178 Å². The zero-order valence-electron chi connectivity index (χ0n) is 16.7. The van der Waals surface area contributed by atoms with Gasteiger partial charge in [-0.05, 0) is 23.8 Å². The van der Waals surface area contributed by atoms with Crippen molar-refractivity contribution in [3.63, 3.8) is 0 Å². The summed E-state index contributed by atoms with van der Waals surface area (Å²) >= 11 is 0. The SMILES string of the molecule is CC(=O)OC[C@@H](CO[C@H]1O[C@@H](CO)[C@H](O)[C@@H](O)[C@@H]1O)OC(=O)C=Cc1ccc(O)cc1. The lowest BCUT2D eigenvalue weighted by Gasteiger charge is -2.39. The van der Waals surface area contributed by atoms with Gasteiger partial charge in [0.25, 0.3) is 0 Å². The second-order valence-electron chi connectivity index (χ2n) is 6.82. The third-order valence-electron chi connectivity index (χ3n) is 4.36. The van der Waals surface area contributed by atoms with Crippen LogP contribution in [0.4, 0.5) is 0 Å². The summed E-state index contributed by atoms with van der Waals surface area (Å²) in [4.78, 5) is 23.2. The average molecular weight is 442 g/mol. The quantitative estimate of drug-likeness (QED) is 0.227. The highest BCUT2D eigenvalue weighted by molar-refractivity contribution is 5.87. The van der Waals surface area contributed by atoms with Crippen LogP contribution in [0.15, 0.2) is 30.3 Å². The molecule has 1 aliphatic heterocycles. The van der Waals surface area contributed by atoms with Gasteiger partial charge in [-0.15, -0.1) is 0 Å². The first kappa shape index (κ1) is 24.7. The Bertz CT molecular complexity index is 746. The molecule has 0 radical (unpaired) electrons. The van der Waals surface area contributed by atoms with Crippen LogP contribution in [-0.4, -0.2) is 94.1 Å². The van der Waals surface area contributed by atoms with Crippen LogP contribution in [0.5, 0.6) is 5.75 Å². The highest BCUT2D eigenvalue weighted by atomic mass is 16.7. The molecule has 1 fully saturated rings. The molecule has 31 heavy (non-hydrogen) atoms. The number of hydrogen-bond donors (Lipinski definition) is 5. The molecular formula is C20H26O11. The number of aliphatic hydroxyl groups excluding tert-OH is 4. The molecule has 1 saturated heterocycles. The molecule has 6 atom stereocenters. The zero-order chi connectivity index (χ0) is 23.0. The summed E-state index contributed by atoms with van der Waals surface area (Å²) in [5, 5.41) is 48.1. The van der Waals surface area contributed by atoms with E-state index >= 15 is 0 Å². The molecule has 0 aliphatic carbocycles. The van der Waals surface area contributed by atoms with Crippen molar-refractivity contribution in [2.45, 2.75) is 43.7 Å². The van der Waals surface area contributed by atoms with Gasteiger partial charge in [-0.1, -0.05) is 12.1 Å².